The first-order chi connectivity index (χ1) is 13.1. The lowest BCUT2D eigenvalue weighted by atomic mass is 9.85. The minimum atomic E-state index is -4.68. The first kappa shape index (κ1) is 20.7. The predicted molar refractivity (Wildman–Crippen MR) is 105 cm³/mol. The van der Waals surface area contributed by atoms with Crippen LogP contribution in [0.25, 0.3) is 0 Å². The average Bonchev–Trinajstić information content (AvgIpc) is 2.63. The molecule has 0 unspecified atom stereocenters. The molecule has 6 heteroatoms. The quantitative estimate of drug-likeness (QED) is 0.803. The van der Waals surface area contributed by atoms with E-state index in [2.05, 4.69) is 60.0 Å². The summed E-state index contributed by atoms with van der Waals surface area (Å²) >= 11 is 0. The van der Waals surface area contributed by atoms with Crippen LogP contribution in [-0.2, 0) is 5.41 Å². The van der Waals surface area contributed by atoms with Crippen molar-refractivity contribution in [1.29, 1.82) is 0 Å². The van der Waals surface area contributed by atoms with Crippen molar-refractivity contribution in [3.63, 3.8) is 0 Å². The van der Waals surface area contributed by atoms with E-state index in [1.165, 1.54) is 17.7 Å². The Balaban J connectivity index is 1.91. The van der Waals surface area contributed by atoms with E-state index < -0.39 is 6.36 Å². The summed E-state index contributed by atoms with van der Waals surface area (Å²) in [7, 11) is 0. The van der Waals surface area contributed by atoms with E-state index in [0.717, 1.165) is 37.3 Å². The molecule has 0 spiro atoms. The second-order valence-electron chi connectivity index (χ2n) is 8.18. The zero-order valence-corrected chi connectivity index (χ0v) is 16.5. The van der Waals surface area contributed by atoms with Crippen LogP contribution in [0.5, 0.6) is 5.75 Å². The number of halogens is 3. The van der Waals surface area contributed by atoms with E-state index in [0.29, 0.717) is 0 Å². The minimum Gasteiger partial charge on any atom is -0.406 e. The Morgan fingerprint density at radius 3 is 1.82 bits per heavy atom. The molecule has 3 nitrogen and oxygen atoms in total. The number of rotatable bonds is 4. The van der Waals surface area contributed by atoms with E-state index in [9.17, 15) is 13.2 Å². The third-order valence-electron chi connectivity index (χ3n) is 5.04. The standard InChI is InChI=1S/C22H27F3N2O/c1-21(2,3)18-8-4-16(5-9-18)20(27-14-12-26-13-15-27)17-6-10-19(11-7-17)28-22(23,24)25/h4-11,20,26H,12-15H2,1-3H3/t20-/m1/s1. The Bertz CT molecular complexity index is 758. The van der Waals surface area contributed by atoms with Crippen LogP contribution in [0.15, 0.2) is 48.5 Å². The third-order valence-corrected chi connectivity index (χ3v) is 5.04. The molecule has 2 aromatic carbocycles. The Kier molecular flexibility index (Phi) is 6.01. The maximum absolute atomic E-state index is 12.5. The highest BCUT2D eigenvalue weighted by Gasteiger charge is 2.31. The van der Waals surface area contributed by atoms with Gasteiger partial charge in [0.25, 0.3) is 0 Å². The van der Waals surface area contributed by atoms with Gasteiger partial charge in [-0.25, -0.2) is 0 Å². The molecule has 1 saturated heterocycles. The number of hydrogen-bond donors (Lipinski definition) is 1. The highest BCUT2D eigenvalue weighted by molar-refractivity contribution is 5.38. The van der Waals surface area contributed by atoms with Crippen LogP contribution in [0, 0.1) is 0 Å². The Morgan fingerprint density at radius 1 is 0.857 bits per heavy atom. The Morgan fingerprint density at radius 2 is 1.36 bits per heavy atom. The fourth-order valence-corrected chi connectivity index (χ4v) is 3.57. The van der Waals surface area contributed by atoms with Crippen LogP contribution in [0.1, 0.15) is 43.5 Å². The van der Waals surface area contributed by atoms with Gasteiger partial charge < -0.3 is 10.1 Å². The van der Waals surface area contributed by atoms with Gasteiger partial charge in [-0.1, -0.05) is 57.2 Å². The molecule has 1 atom stereocenters. The Labute approximate surface area is 164 Å². The molecule has 2 aromatic rings. The van der Waals surface area contributed by atoms with Crippen molar-refractivity contribution in [2.45, 2.75) is 38.6 Å². The molecule has 1 aliphatic rings. The molecule has 1 heterocycles. The van der Waals surface area contributed by atoms with E-state index in [-0.39, 0.29) is 17.2 Å². The SMILES string of the molecule is CC(C)(C)c1ccc([C@H](c2ccc(OC(F)(F)F)cc2)N2CCNCC2)cc1. The van der Waals surface area contributed by atoms with Crippen LogP contribution < -0.4 is 10.1 Å². The molecule has 152 valence electrons. The van der Waals surface area contributed by atoms with Crippen LogP contribution in [0.3, 0.4) is 0 Å². The molecule has 0 radical (unpaired) electrons. The van der Waals surface area contributed by atoms with Gasteiger partial charge in [-0.05, 0) is 34.2 Å². The summed E-state index contributed by atoms with van der Waals surface area (Å²) in [6.45, 7) is 10.1. The number of ether oxygens (including phenoxy) is 1. The van der Waals surface area contributed by atoms with Crippen molar-refractivity contribution >= 4 is 0 Å². The summed E-state index contributed by atoms with van der Waals surface area (Å²) in [6, 6.07) is 14.8. The maximum Gasteiger partial charge on any atom is 0.573 e. The molecule has 1 aliphatic heterocycles. The van der Waals surface area contributed by atoms with Crippen molar-refractivity contribution in [3.05, 3.63) is 65.2 Å². The van der Waals surface area contributed by atoms with Gasteiger partial charge in [-0.2, -0.15) is 0 Å². The first-order valence-electron chi connectivity index (χ1n) is 9.54. The number of alkyl halides is 3. The number of nitrogens with one attached hydrogen (secondary N) is 1. The molecule has 28 heavy (non-hydrogen) atoms. The smallest absolute Gasteiger partial charge is 0.406 e. The van der Waals surface area contributed by atoms with E-state index in [1.54, 1.807) is 12.1 Å². The van der Waals surface area contributed by atoms with Crippen LogP contribution in [0.2, 0.25) is 0 Å². The van der Waals surface area contributed by atoms with Gasteiger partial charge in [0.05, 0.1) is 6.04 Å². The van der Waals surface area contributed by atoms with Crippen molar-refractivity contribution in [2.75, 3.05) is 26.2 Å². The summed E-state index contributed by atoms with van der Waals surface area (Å²) in [5.41, 5.74) is 3.42. The molecule has 1 N–H and O–H groups in total. The second kappa shape index (κ2) is 8.13. The van der Waals surface area contributed by atoms with Gasteiger partial charge in [0.15, 0.2) is 0 Å². The lowest BCUT2D eigenvalue weighted by Gasteiger charge is -2.36. The molecule has 0 amide bonds. The molecule has 0 aliphatic carbocycles. The fraction of sp³-hybridized carbons (Fsp3) is 0.455. The topological polar surface area (TPSA) is 24.5 Å². The number of piperazine rings is 1. The van der Waals surface area contributed by atoms with E-state index in [1.807, 2.05) is 0 Å². The predicted octanol–water partition coefficient (Wildman–Crippen LogP) is 4.88. The second-order valence-corrected chi connectivity index (χ2v) is 8.18. The van der Waals surface area contributed by atoms with Gasteiger partial charge in [0.2, 0.25) is 0 Å². The van der Waals surface area contributed by atoms with Gasteiger partial charge in [-0.3, -0.25) is 4.90 Å². The minimum absolute atomic E-state index is 0.00365. The van der Waals surface area contributed by atoms with Gasteiger partial charge >= 0.3 is 6.36 Å². The van der Waals surface area contributed by atoms with Gasteiger partial charge in [0, 0.05) is 26.2 Å². The van der Waals surface area contributed by atoms with Crippen molar-refractivity contribution < 1.29 is 17.9 Å². The summed E-state index contributed by atoms with van der Waals surface area (Å²) in [5.74, 6) is -0.196. The fourth-order valence-electron chi connectivity index (χ4n) is 3.57. The largest absolute Gasteiger partial charge is 0.573 e. The molecule has 0 saturated carbocycles. The monoisotopic (exact) mass is 392 g/mol. The number of nitrogens with zero attached hydrogens (tertiary/aromatic N) is 1. The molecule has 3 rings (SSSR count). The zero-order valence-electron chi connectivity index (χ0n) is 16.5. The van der Waals surface area contributed by atoms with Gasteiger partial charge in [-0.15, -0.1) is 13.2 Å². The van der Waals surface area contributed by atoms with Crippen molar-refractivity contribution in [1.82, 2.24) is 10.2 Å². The van der Waals surface area contributed by atoms with E-state index >= 15 is 0 Å². The Hall–Kier alpha value is -2.05. The van der Waals surface area contributed by atoms with Crippen LogP contribution >= 0.6 is 0 Å². The lowest BCUT2D eigenvalue weighted by Crippen LogP contribution is -2.45. The average molecular weight is 392 g/mol. The zero-order chi connectivity index (χ0) is 20.4. The maximum atomic E-state index is 12.5. The van der Waals surface area contributed by atoms with Crippen molar-refractivity contribution in [3.8, 4) is 5.75 Å². The summed E-state index contributed by atoms with van der Waals surface area (Å²) < 4.78 is 41.4. The summed E-state index contributed by atoms with van der Waals surface area (Å²) in [5, 5.41) is 3.35. The molecular formula is C22H27F3N2O. The van der Waals surface area contributed by atoms with E-state index in [4.69, 9.17) is 0 Å². The first-order valence-corrected chi connectivity index (χ1v) is 9.54. The normalized spacial score (nSPS) is 17.4. The number of hydrogen-bond acceptors (Lipinski definition) is 3. The molecule has 1 fully saturated rings. The van der Waals surface area contributed by atoms with Crippen LogP contribution in [-0.4, -0.2) is 37.4 Å². The molecular weight excluding hydrogens is 365 g/mol. The summed E-state index contributed by atoms with van der Waals surface area (Å²) in [6.07, 6.45) is -4.68. The summed E-state index contributed by atoms with van der Waals surface area (Å²) in [4.78, 5) is 2.36. The van der Waals surface area contributed by atoms with Crippen molar-refractivity contribution in [2.24, 2.45) is 0 Å². The van der Waals surface area contributed by atoms with Gasteiger partial charge in [0.1, 0.15) is 5.75 Å². The number of benzene rings is 2. The highest BCUT2D eigenvalue weighted by Crippen LogP contribution is 2.33. The lowest BCUT2D eigenvalue weighted by molar-refractivity contribution is -0.274. The van der Waals surface area contributed by atoms with Crippen LogP contribution in [0.4, 0.5) is 13.2 Å². The molecule has 0 bridgehead atoms. The molecule has 0 aromatic heterocycles. The highest BCUT2D eigenvalue weighted by atomic mass is 19.4. The third kappa shape index (κ3) is 5.26.